The highest BCUT2D eigenvalue weighted by atomic mass is 32.2. The van der Waals surface area contributed by atoms with Gasteiger partial charge in [0.15, 0.2) is 0 Å². The number of nitrogens with zero attached hydrogens (tertiary/aromatic N) is 5. The Hall–Kier alpha value is -3.81. The molecule has 240 valence electrons. The summed E-state index contributed by atoms with van der Waals surface area (Å²) in [5, 5.41) is 0. The van der Waals surface area contributed by atoms with Crippen molar-refractivity contribution in [3.63, 3.8) is 0 Å². The quantitative estimate of drug-likeness (QED) is 0.331. The van der Waals surface area contributed by atoms with Crippen LogP contribution < -0.4 is 9.62 Å². The van der Waals surface area contributed by atoms with Crippen molar-refractivity contribution in [1.29, 1.82) is 0 Å². The van der Waals surface area contributed by atoms with Gasteiger partial charge < -0.3 is 18.9 Å². The van der Waals surface area contributed by atoms with Crippen LogP contribution in [-0.2, 0) is 32.6 Å². The first-order valence-electron chi connectivity index (χ1n) is 15.3. The molecule has 0 radical (unpaired) electrons. The second-order valence-corrected chi connectivity index (χ2v) is 14.3. The van der Waals surface area contributed by atoms with Crippen molar-refractivity contribution >= 4 is 38.7 Å². The van der Waals surface area contributed by atoms with E-state index in [-0.39, 0.29) is 29.2 Å². The third kappa shape index (κ3) is 7.21. The molecule has 3 aliphatic rings. The van der Waals surface area contributed by atoms with Crippen LogP contribution in [0, 0.1) is 0 Å². The number of rotatable bonds is 9. The smallest absolute Gasteiger partial charge is 0.338 e. The average Bonchev–Trinajstić information content (AvgIpc) is 3.30. The Bertz CT molecular complexity index is 1750. The summed E-state index contributed by atoms with van der Waals surface area (Å²) in [7, 11) is -4.04. The van der Waals surface area contributed by atoms with Crippen LogP contribution in [0.3, 0.4) is 0 Å². The Morgan fingerprint density at radius 1 is 1.13 bits per heavy atom. The number of allylic oxidation sites excluding steroid dienone is 4. The van der Waals surface area contributed by atoms with Crippen molar-refractivity contribution in [3.05, 3.63) is 70.7 Å². The van der Waals surface area contributed by atoms with E-state index in [0.717, 1.165) is 43.0 Å². The minimum Gasteiger partial charge on any atom is -0.456 e. The van der Waals surface area contributed by atoms with Gasteiger partial charge in [0.2, 0.25) is 0 Å². The molecule has 45 heavy (non-hydrogen) atoms. The molecule has 1 aromatic carbocycles. The van der Waals surface area contributed by atoms with E-state index in [1.54, 1.807) is 24.3 Å². The lowest BCUT2D eigenvalue weighted by atomic mass is 10.1. The van der Waals surface area contributed by atoms with Gasteiger partial charge in [-0.15, -0.1) is 0 Å². The van der Waals surface area contributed by atoms with Crippen molar-refractivity contribution < 1.29 is 27.1 Å². The number of hydrogen-bond acceptors (Lipinski definition) is 9. The van der Waals surface area contributed by atoms with Gasteiger partial charge in [0.25, 0.3) is 10.0 Å². The van der Waals surface area contributed by atoms with Gasteiger partial charge in [-0.1, -0.05) is 12.1 Å². The average molecular weight is 639 g/mol. The van der Waals surface area contributed by atoms with E-state index in [1.165, 1.54) is 6.08 Å². The first-order valence-corrected chi connectivity index (χ1v) is 16.8. The Kier molecular flexibility index (Phi) is 8.68. The molecule has 0 saturated carbocycles. The highest BCUT2D eigenvalue weighted by Gasteiger charge is 2.27. The van der Waals surface area contributed by atoms with Crippen molar-refractivity contribution in [2.45, 2.75) is 64.8 Å². The van der Waals surface area contributed by atoms with E-state index in [2.05, 4.69) is 24.1 Å². The van der Waals surface area contributed by atoms with Gasteiger partial charge in [0.05, 0.1) is 35.8 Å². The second kappa shape index (κ2) is 12.5. The Morgan fingerprint density at radius 3 is 2.60 bits per heavy atom. The maximum absolute atomic E-state index is 14.2. The van der Waals surface area contributed by atoms with Gasteiger partial charge >= 0.3 is 5.97 Å². The summed E-state index contributed by atoms with van der Waals surface area (Å²) in [5.74, 6) is 0.608. The molecule has 2 aliphatic heterocycles. The summed E-state index contributed by atoms with van der Waals surface area (Å²) in [4.78, 5) is 26.5. The third-order valence-corrected chi connectivity index (χ3v) is 9.59. The van der Waals surface area contributed by atoms with Crippen LogP contribution in [0.25, 0.3) is 11.0 Å². The fraction of sp³-hybridized carbons (Fsp3) is 0.469. The number of aromatic nitrogens is 3. The molecule has 2 aromatic heterocycles. The van der Waals surface area contributed by atoms with Crippen molar-refractivity contribution in [2.75, 3.05) is 42.4 Å². The SMILES string of the molecule is CC(C)(C)OC(=O)c1ccc2nc(CN3CCN(c4cccc(NS(=O)(=O)C5=C(F)C=CCC5)n4)CC3)n(C[C@@H]3CCO3)c2c1. The summed E-state index contributed by atoms with van der Waals surface area (Å²) in [6.07, 6.45) is 4.49. The molecule has 4 heterocycles. The third-order valence-electron chi connectivity index (χ3n) is 8.07. The maximum Gasteiger partial charge on any atom is 0.338 e. The zero-order chi connectivity index (χ0) is 31.8. The molecule has 3 aromatic rings. The standard InChI is InChI=1S/C32H39FN6O5S/c1-32(2,3)44-31(40)22-11-12-25-26(19-22)39(20-23-13-18-43-23)30(34-25)21-37-14-16-38(17-15-37)29-10-6-9-28(35-29)36-45(41,42)27-8-5-4-7-24(27)33/h4,6-7,9-12,19,23H,5,8,13-18,20-21H2,1-3H3,(H,35,36)/t23-/m0/s1. The first kappa shape index (κ1) is 31.2. The summed E-state index contributed by atoms with van der Waals surface area (Å²) in [5.41, 5.74) is 1.60. The normalized spacial score (nSPS) is 19.6. The fourth-order valence-electron chi connectivity index (χ4n) is 5.66. The van der Waals surface area contributed by atoms with Crippen LogP contribution in [0.4, 0.5) is 16.0 Å². The van der Waals surface area contributed by atoms with Gasteiger partial charge in [-0.3, -0.25) is 9.62 Å². The molecule has 13 heteroatoms. The van der Waals surface area contributed by atoms with Crippen LogP contribution in [-0.4, -0.2) is 78.3 Å². The monoisotopic (exact) mass is 638 g/mol. The van der Waals surface area contributed by atoms with Crippen LogP contribution in [0.2, 0.25) is 0 Å². The molecular formula is C32H39FN6O5S. The molecular weight excluding hydrogens is 599 g/mol. The molecule has 6 rings (SSSR count). The Labute approximate surface area is 262 Å². The number of sulfonamides is 1. The summed E-state index contributed by atoms with van der Waals surface area (Å²) < 4.78 is 55.8. The topological polar surface area (TPSA) is 119 Å². The summed E-state index contributed by atoms with van der Waals surface area (Å²) in [6, 6.07) is 10.7. The molecule has 1 N–H and O–H groups in total. The molecule has 0 amide bonds. The van der Waals surface area contributed by atoms with Crippen molar-refractivity contribution in [3.8, 4) is 0 Å². The van der Waals surface area contributed by atoms with Gasteiger partial charge in [0.1, 0.15) is 33.8 Å². The lowest BCUT2D eigenvalue weighted by molar-refractivity contribution is -0.0592. The Morgan fingerprint density at radius 2 is 1.91 bits per heavy atom. The minimum absolute atomic E-state index is 0.112. The van der Waals surface area contributed by atoms with E-state index in [0.29, 0.717) is 44.0 Å². The fourth-order valence-corrected chi connectivity index (χ4v) is 6.88. The zero-order valence-corrected chi connectivity index (χ0v) is 26.6. The van der Waals surface area contributed by atoms with E-state index in [1.807, 2.05) is 39.0 Å². The number of hydrogen-bond donors (Lipinski definition) is 1. The number of anilines is 2. The summed E-state index contributed by atoms with van der Waals surface area (Å²) in [6.45, 7) is 10.4. The maximum atomic E-state index is 14.2. The first-order chi connectivity index (χ1) is 21.4. The largest absolute Gasteiger partial charge is 0.456 e. The molecule has 2 saturated heterocycles. The molecule has 0 bridgehead atoms. The minimum atomic E-state index is -4.04. The number of piperazine rings is 1. The van der Waals surface area contributed by atoms with E-state index in [9.17, 15) is 17.6 Å². The number of carbonyl (C=O) groups excluding carboxylic acids is 1. The second-order valence-electron chi connectivity index (χ2n) is 12.6. The zero-order valence-electron chi connectivity index (χ0n) is 25.8. The molecule has 0 spiro atoms. The molecule has 2 fully saturated rings. The molecule has 0 unspecified atom stereocenters. The number of ether oxygens (including phenoxy) is 2. The highest BCUT2D eigenvalue weighted by Crippen LogP contribution is 2.28. The molecule has 1 atom stereocenters. The number of halogens is 1. The lowest BCUT2D eigenvalue weighted by Crippen LogP contribution is -2.46. The van der Waals surface area contributed by atoms with Crippen molar-refractivity contribution in [1.82, 2.24) is 19.4 Å². The number of nitrogens with one attached hydrogen (secondary N) is 1. The van der Waals surface area contributed by atoms with E-state index >= 15 is 0 Å². The number of fused-ring (bicyclic) bond motifs is 1. The predicted molar refractivity (Wildman–Crippen MR) is 170 cm³/mol. The number of carbonyl (C=O) groups is 1. The number of esters is 1. The van der Waals surface area contributed by atoms with Gasteiger partial charge in [-0.05, 0) is 76.4 Å². The predicted octanol–water partition coefficient (Wildman–Crippen LogP) is 4.77. The van der Waals surface area contributed by atoms with Gasteiger partial charge in [-0.25, -0.2) is 27.6 Å². The number of imidazole rings is 1. The number of benzene rings is 1. The number of pyridine rings is 1. The lowest BCUT2D eigenvalue weighted by Gasteiger charge is -2.35. The van der Waals surface area contributed by atoms with E-state index in [4.69, 9.17) is 14.5 Å². The van der Waals surface area contributed by atoms with Crippen LogP contribution in [0.15, 0.2) is 59.3 Å². The van der Waals surface area contributed by atoms with E-state index < -0.39 is 21.5 Å². The Balaban J connectivity index is 1.14. The van der Waals surface area contributed by atoms with Crippen LogP contribution >= 0.6 is 0 Å². The highest BCUT2D eigenvalue weighted by molar-refractivity contribution is 7.96. The van der Waals surface area contributed by atoms with Gasteiger partial charge in [0, 0.05) is 32.8 Å². The van der Waals surface area contributed by atoms with Crippen LogP contribution in [0.5, 0.6) is 0 Å². The van der Waals surface area contributed by atoms with Crippen LogP contribution in [0.1, 0.15) is 56.2 Å². The summed E-state index contributed by atoms with van der Waals surface area (Å²) >= 11 is 0. The van der Waals surface area contributed by atoms with Crippen molar-refractivity contribution in [2.24, 2.45) is 0 Å². The molecule has 1 aliphatic carbocycles. The van der Waals surface area contributed by atoms with Gasteiger partial charge in [-0.2, -0.15) is 0 Å². The molecule has 11 nitrogen and oxygen atoms in total.